The molecule has 2 heterocycles. The molecule has 1 aromatic carbocycles. The van der Waals surface area contributed by atoms with Crippen molar-refractivity contribution in [2.45, 2.75) is 31.6 Å². The molecule has 0 amide bonds. The molecule has 100 valence electrons. The van der Waals surface area contributed by atoms with E-state index in [4.69, 9.17) is 9.72 Å². The highest BCUT2D eigenvalue weighted by Gasteiger charge is 2.15. The van der Waals surface area contributed by atoms with Crippen LogP contribution in [0.25, 0.3) is 11.0 Å². The average molecular weight is 274 g/mol. The van der Waals surface area contributed by atoms with E-state index in [9.17, 15) is 0 Å². The summed E-state index contributed by atoms with van der Waals surface area (Å²) in [5, 5.41) is 0. The molecule has 1 fully saturated rings. The Labute approximate surface area is 117 Å². The zero-order valence-corrected chi connectivity index (χ0v) is 11.9. The summed E-state index contributed by atoms with van der Waals surface area (Å²) in [5.41, 5.74) is 4.11. The van der Waals surface area contributed by atoms with Gasteiger partial charge in [0.1, 0.15) is 0 Å². The van der Waals surface area contributed by atoms with E-state index >= 15 is 0 Å². The van der Waals surface area contributed by atoms with Gasteiger partial charge < -0.3 is 4.74 Å². The van der Waals surface area contributed by atoms with Crippen LogP contribution < -0.4 is 0 Å². The summed E-state index contributed by atoms with van der Waals surface area (Å²) in [4.78, 5) is 9.33. The summed E-state index contributed by atoms with van der Waals surface area (Å²) in [6.07, 6.45) is 2.86. The first-order valence-electron chi connectivity index (χ1n) is 6.74. The quantitative estimate of drug-likeness (QED) is 0.856. The Bertz CT molecular complexity index is 567. The molecule has 0 aliphatic carbocycles. The van der Waals surface area contributed by atoms with Crippen molar-refractivity contribution < 1.29 is 4.74 Å². The number of para-hydroxylation sites is 2. The molecule has 3 nitrogen and oxygen atoms in total. The van der Waals surface area contributed by atoms with Gasteiger partial charge in [-0.2, -0.15) is 11.8 Å². The topological polar surface area (TPSA) is 35.0 Å². The normalized spacial score (nSPS) is 19.1. The lowest BCUT2D eigenvalue weighted by atomic mass is 10.2. The van der Waals surface area contributed by atoms with E-state index in [1.807, 2.05) is 43.0 Å². The predicted octanol–water partition coefficient (Wildman–Crippen LogP) is 3.35. The van der Waals surface area contributed by atoms with Gasteiger partial charge in [-0.15, -0.1) is 0 Å². The van der Waals surface area contributed by atoms with Crippen LogP contribution in [-0.2, 0) is 10.5 Å². The highest BCUT2D eigenvalue weighted by molar-refractivity contribution is 7.98. The minimum Gasteiger partial charge on any atom is -0.377 e. The maximum absolute atomic E-state index is 5.63. The smallest absolute Gasteiger partial charge is 0.0890 e. The van der Waals surface area contributed by atoms with Crippen LogP contribution in [0, 0.1) is 6.92 Å². The van der Waals surface area contributed by atoms with Gasteiger partial charge in [-0.05, 0) is 31.9 Å². The minimum atomic E-state index is 0.443. The Morgan fingerprint density at radius 1 is 1.26 bits per heavy atom. The van der Waals surface area contributed by atoms with Crippen molar-refractivity contribution in [2.75, 3.05) is 12.4 Å². The summed E-state index contributed by atoms with van der Waals surface area (Å²) in [6.45, 7) is 2.97. The van der Waals surface area contributed by atoms with Crippen molar-refractivity contribution in [3.8, 4) is 0 Å². The van der Waals surface area contributed by atoms with Crippen LogP contribution in [0.15, 0.2) is 24.3 Å². The number of nitrogens with zero attached hydrogens (tertiary/aromatic N) is 2. The van der Waals surface area contributed by atoms with Crippen molar-refractivity contribution >= 4 is 22.8 Å². The molecule has 4 heteroatoms. The number of fused-ring (bicyclic) bond motifs is 1. The van der Waals surface area contributed by atoms with Crippen molar-refractivity contribution in [2.24, 2.45) is 0 Å². The van der Waals surface area contributed by atoms with Crippen molar-refractivity contribution in [3.05, 3.63) is 35.7 Å². The van der Waals surface area contributed by atoms with E-state index < -0.39 is 0 Å². The molecular formula is C15H18N2OS. The summed E-state index contributed by atoms with van der Waals surface area (Å²) < 4.78 is 5.63. The number of benzene rings is 1. The van der Waals surface area contributed by atoms with Crippen LogP contribution >= 0.6 is 11.8 Å². The number of ether oxygens (including phenoxy) is 1. The molecule has 1 aliphatic rings. The van der Waals surface area contributed by atoms with Gasteiger partial charge >= 0.3 is 0 Å². The number of thioether (sulfide) groups is 1. The summed E-state index contributed by atoms with van der Waals surface area (Å²) >= 11 is 1.90. The third kappa shape index (κ3) is 3.07. The molecule has 1 aromatic heterocycles. The van der Waals surface area contributed by atoms with E-state index in [1.165, 1.54) is 12.8 Å². The van der Waals surface area contributed by atoms with E-state index in [2.05, 4.69) is 4.98 Å². The lowest BCUT2D eigenvalue weighted by molar-refractivity contribution is 0.129. The number of hydrogen-bond acceptors (Lipinski definition) is 4. The lowest BCUT2D eigenvalue weighted by Gasteiger charge is -2.10. The third-order valence-electron chi connectivity index (χ3n) is 3.41. The van der Waals surface area contributed by atoms with E-state index in [0.29, 0.717) is 6.10 Å². The summed E-state index contributed by atoms with van der Waals surface area (Å²) in [6, 6.07) is 8.05. The fourth-order valence-electron chi connectivity index (χ4n) is 2.32. The molecule has 0 N–H and O–H groups in total. The van der Waals surface area contributed by atoms with E-state index in [0.717, 1.165) is 40.5 Å². The Morgan fingerprint density at radius 2 is 2.05 bits per heavy atom. The molecule has 1 saturated heterocycles. The molecule has 1 unspecified atom stereocenters. The second kappa shape index (κ2) is 5.88. The second-order valence-electron chi connectivity index (χ2n) is 4.89. The predicted molar refractivity (Wildman–Crippen MR) is 79.4 cm³/mol. The standard InChI is InChI=1S/C15H18N2OS/c1-11-15(10-19-9-12-5-4-8-18-12)17-14-7-3-2-6-13(14)16-11/h2-3,6-7,12H,4-5,8-10H2,1H3. The maximum atomic E-state index is 5.63. The van der Waals surface area contributed by atoms with E-state index in [1.54, 1.807) is 0 Å². The molecule has 19 heavy (non-hydrogen) atoms. The van der Waals surface area contributed by atoms with Crippen molar-refractivity contribution in [1.29, 1.82) is 0 Å². The molecule has 1 atom stereocenters. The fraction of sp³-hybridized carbons (Fsp3) is 0.467. The van der Waals surface area contributed by atoms with Gasteiger partial charge in [0, 0.05) is 18.1 Å². The van der Waals surface area contributed by atoms with Gasteiger partial charge in [-0.3, -0.25) is 0 Å². The first kappa shape index (κ1) is 12.9. The molecule has 2 aromatic rings. The van der Waals surface area contributed by atoms with Gasteiger partial charge in [0.25, 0.3) is 0 Å². The zero-order chi connectivity index (χ0) is 13.1. The molecule has 1 aliphatic heterocycles. The Balaban J connectivity index is 1.67. The second-order valence-corrected chi connectivity index (χ2v) is 5.92. The van der Waals surface area contributed by atoms with Crippen LogP contribution in [0.3, 0.4) is 0 Å². The van der Waals surface area contributed by atoms with Crippen molar-refractivity contribution in [1.82, 2.24) is 9.97 Å². The molecule has 0 spiro atoms. The lowest BCUT2D eigenvalue weighted by Crippen LogP contribution is -2.08. The Kier molecular flexibility index (Phi) is 3.99. The van der Waals surface area contributed by atoms with Crippen LogP contribution in [0.5, 0.6) is 0 Å². The van der Waals surface area contributed by atoms with Gasteiger partial charge in [-0.1, -0.05) is 12.1 Å². The molecule has 0 radical (unpaired) electrons. The molecular weight excluding hydrogens is 256 g/mol. The monoisotopic (exact) mass is 274 g/mol. The molecule has 0 saturated carbocycles. The van der Waals surface area contributed by atoms with Crippen molar-refractivity contribution in [3.63, 3.8) is 0 Å². The van der Waals surface area contributed by atoms with Crippen LogP contribution in [0.4, 0.5) is 0 Å². The van der Waals surface area contributed by atoms with Gasteiger partial charge in [0.15, 0.2) is 0 Å². The summed E-state index contributed by atoms with van der Waals surface area (Å²) in [7, 11) is 0. The highest BCUT2D eigenvalue weighted by Crippen LogP contribution is 2.21. The first-order chi connectivity index (χ1) is 9.33. The molecule has 0 bridgehead atoms. The fourth-order valence-corrected chi connectivity index (χ4v) is 3.43. The Morgan fingerprint density at radius 3 is 2.79 bits per heavy atom. The van der Waals surface area contributed by atoms with Gasteiger partial charge in [-0.25, -0.2) is 9.97 Å². The third-order valence-corrected chi connectivity index (χ3v) is 4.49. The molecule has 3 rings (SSSR count). The highest BCUT2D eigenvalue weighted by atomic mass is 32.2. The van der Waals surface area contributed by atoms with Crippen LogP contribution in [-0.4, -0.2) is 28.4 Å². The first-order valence-corrected chi connectivity index (χ1v) is 7.90. The number of hydrogen-bond donors (Lipinski definition) is 0. The maximum Gasteiger partial charge on any atom is 0.0890 e. The largest absolute Gasteiger partial charge is 0.377 e. The SMILES string of the molecule is Cc1nc2ccccc2nc1CSCC1CCCO1. The van der Waals surface area contributed by atoms with E-state index in [-0.39, 0.29) is 0 Å². The van der Waals surface area contributed by atoms with Crippen LogP contribution in [0.1, 0.15) is 24.2 Å². The average Bonchev–Trinajstić information content (AvgIpc) is 2.92. The minimum absolute atomic E-state index is 0.443. The Hall–Kier alpha value is -1.13. The number of aryl methyl sites for hydroxylation is 1. The zero-order valence-electron chi connectivity index (χ0n) is 11.1. The number of rotatable bonds is 4. The van der Waals surface area contributed by atoms with Crippen LogP contribution in [0.2, 0.25) is 0 Å². The van der Waals surface area contributed by atoms with Gasteiger partial charge in [0.05, 0.1) is 28.5 Å². The summed E-state index contributed by atoms with van der Waals surface area (Å²) in [5.74, 6) is 1.98. The van der Waals surface area contributed by atoms with Gasteiger partial charge in [0.2, 0.25) is 0 Å². The number of aromatic nitrogens is 2.